The number of urea groups is 1. The molecule has 2 N–H and O–H groups in total. The van der Waals surface area contributed by atoms with Gasteiger partial charge in [-0.15, -0.1) is 0 Å². The van der Waals surface area contributed by atoms with Gasteiger partial charge >= 0.3 is 6.03 Å². The summed E-state index contributed by atoms with van der Waals surface area (Å²) in [5.41, 5.74) is 4.90. The molecule has 3 heterocycles. The Morgan fingerprint density at radius 2 is 1.76 bits per heavy atom. The first kappa shape index (κ1) is 22.2. The zero-order valence-corrected chi connectivity index (χ0v) is 19.7. The number of piperidine rings is 1. The number of nitrogens with zero attached hydrogens (tertiary/aromatic N) is 3. The average molecular weight is 464 g/mol. The molecule has 34 heavy (non-hydrogen) atoms. The molecule has 0 spiro atoms. The van der Waals surface area contributed by atoms with Gasteiger partial charge in [0.05, 0.1) is 18.1 Å². The van der Waals surface area contributed by atoms with Crippen molar-refractivity contribution in [3.63, 3.8) is 0 Å². The van der Waals surface area contributed by atoms with Crippen LogP contribution in [-0.2, 0) is 6.54 Å². The monoisotopic (exact) mass is 463 g/mol. The smallest absolute Gasteiger partial charge is 0.320 e. The quantitative estimate of drug-likeness (QED) is 0.594. The third-order valence-electron chi connectivity index (χ3n) is 6.44. The number of benzene rings is 2. The van der Waals surface area contributed by atoms with Gasteiger partial charge in [-0.2, -0.15) is 0 Å². The molecule has 1 saturated heterocycles. The second-order valence-electron chi connectivity index (χ2n) is 8.84. The molecule has 1 fully saturated rings. The summed E-state index contributed by atoms with van der Waals surface area (Å²) in [4.78, 5) is 24.2. The summed E-state index contributed by atoms with van der Waals surface area (Å²) < 4.78 is 16.2. The van der Waals surface area contributed by atoms with Crippen LogP contribution < -0.4 is 24.8 Å². The van der Waals surface area contributed by atoms with Gasteiger partial charge in [-0.05, 0) is 67.6 Å². The van der Waals surface area contributed by atoms with Crippen LogP contribution in [0.3, 0.4) is 0 Å². The Balaban J connectivity index is 1.16. The van der Waals surface area contributed by atoms with E-state index in [1.807, 2.05) is 38.1 Å². The summed E-state index contributed by atoms with van der Waals surface area (Å²) >= 11 is 0. The van der Waals surface area contributed by atoms with Crippen molar-refractivity contribution < 1.29 is 19.0 Å². The van der Waals surface area contributed by atoms with Crippen molar-refractivity contribution in [1.29, 1.82) is 0 Å². The number of hydrogen-bond acceptors (Lipinski definition) is 7. The number of methoxy groups -OCH3 is 1. The van der Waals surface area contributed by atoms with Crippen molar-refractivity contribution in [1.82, 2.24) is 20.2 Å². The Bertz CT molecular complexity index is 1220. The Labute approximate surface area is 198 Å². The number of aryl methyl sites for hydroxylation is 2. The van der Waals surface area contributed by atoms with E-state index in [9.17, 15) is 4.79 Å². The molecule has 5 rings (SSSR count). The van der Waals surface area contributed by atoms with E-state index in [1.54, 1.807) is 0 Å². The van der Waals surface area contributed by atoms with E-state index < -0.39 is 0 Å². The van der Waals surface area contributed by atoms with Crippen LogP contribution in [0.4, 0.5) is 10.6 Å². The molecule has 178 valence electrons. The van der Waals surface area contributed by atoms with E-state index in [0.717, 1.165) is 66.1 Å². The minimum atomic E-state index is -0.301. The van der Waals surface area contributed by atoms with Crippen molar-refractivity contribution in [2.24, 2.45) is 0 Å². The van der Waals surface area contributed by atoms with Crippen LogP contribution >= 0.6 is 0 Å². The maximum atomic E-state index is 12.7. The number of carbonyl (C=O) groups is 1. The molecule has 0 saturated carbocycles. The highest BCUT2D eigenvalue weighted by Gasteiger charge is 2.23. The van der Waals surface area contributed by atoms with E-state index in [1.165, 1.54) is 12.7 Å². The minimum absolute atomic E-state index is 0.0947. The van der Waals surface area contributed by atoms with Crippen LogP contribution in [0.1, 0.15) is 29.5 Å². The van der Waals surface area contributed by atoms with Crippen molar-refractivity contribution in [3.05, 3.63) is 47.0 Å². The molecule has 1 aromatic heterocycles. The van der Waals surface area contributed by atoms with E-state index in [4.69, 9.17) is 14.2 Å². The zero-order chi connectivity index (χ0) is 23.7. The van der Waals surface area contributed by atoms with Gasteiger partial charge in [0.2, 0.25) is 6.79 Å². The van der Waals surface area contributed by atoms with Crippen molar-refractivity contribution in [2.45, 2.75) is 39.3 Å². The first-order chi connectivity index (χ1) is 16.5. The fourth-order valence-corrected chi connectivity index (χ4v) is 4.38. The molecule has 0 unspecified atom stereocenters. The fraction of sp³-hybridized carbons (Fsp3) is 0.400. The van der Waals surface area contributed by atoms with Gasteiger partial charge in [-0.3, -0.25) is 10.2 Å². The van der Waals surface area contributed by atoms with Crippen LogP contribution in [0.5, 0.6) is 17.4 Å². The summed E-state index contributed by atoms with van der Waals surface area (Å²) in [6.45, 7) is 6.99. The van der Waals surface area contributed by atoms with Crippen molar-refractivity contribution in [2.75, 3.05) is 32.3 Å². The van der Waals surface area contributed by atoms with Gasteiger partial charge in [0, 0.05) is 25.7 Å². The molecule has 3 aromatic rings. The van der Waals surface area contributed by atoms with E-state index in [2.05, 4.69) is 31.6 Å². The lowest BCUT2D eigenvalue weighted by molar-refractivity contribution is 0.173. The largest absolute Gasteiger partial charge is 0.478 e. The van der Waals surface area contributed by atoms with Gasteiger partial charge in [0.1, 0.15) is 0 Å². The molecule has 2 aromatic carbocycles. The third-order valence-corrected chi connectivity index (χ3v) is 6.44. The summed E-state index contributed by atoms with van der Waals surface area (Å²) in [5, 5.41) is 5.89. The Hall–Kier alpha value is -3.59. The second-order valence-corrected chi connectivity index (χ2v) is 8.84. The number of carbonyl (C=O) groups excluding carboxylic acids is 1. The Kier molecular flexibility index (Phi) is 6.10. The summed E-state index contributed by atoms with van der Waals surface area (Å²) in [7, 11) is 1.52. The number of ether oxygens (including phenoxy) is 3. The standard InChI is InChI=1S/C25H29N5O4/c1-15-10-19-20(11-16(15)2)28-24(32-3)23(27-19)29-25(31)26-18-6-8-30(9-7-18)13-17-4-5-21-22(12-17)34-14-33-21/h4-5,10-12,18H,6-9,13-14H2,1-3H3,(H2,26,27,29,31). The molecule has 0 bridgehead atoms. The maximum Gasteiger partial charge on any atom is 0.320 e. The van der Waals surface area contributed by atoms with Crippen LogP contribution in [0.2, 0.25) is 0 Å². The van der Waals surface area contributed by atoms with Crippen LogP contribution in [0, 0.1) is 13.8 Å². The van der Waals surface area contributed by atoms with E-state index in [-0.39, 0.29) is 18.9 Å². The van der Waals surface area contributed by atoms with E-state index in [0.29, 0.717) is 11.7 Å². The van der Waals surface area contributed by atoms with Gasteiger partial charge in [0.25, 0.3) is 5.88 Å². The first-order valence-corrected chi connectivity index (χ1v) is 11.5. The maximum absolute atomic E-state index is 12.7. The lowest BCUT2D eigenvalue weighted by atomic mass is 10.0. The topological polar surface area (TPSA) is 97.8 Å². The highest BCUT2D eigenvalue weighted by molar-refractivity contribution is 5.91. The molecule has 2 amide bonds. The van der Waals surface area contributed by atoms with Crippen molar-refractivity contribution >= 4 is 22.9 Å². The van der Waals surface area contributed by atoms with Crippen molar-refractivity contribution in [3.8, 4) is 17.4 Å². The molecule has 0 radical (unpaired) electrons. The number of likely N-dealkylation sites (tertiary alicyclic amines) is 1. The summed E-state index contributed by atoms with van der Waals surface area (Å²) in [5.74, 6) is 2.22. The average Bonchev–Trinajstić information content (AvgIpc) is 3.29. The Morgan fingerprint density at radius 3 is 2.50 bits per heavy atom. The fourth-order valence-electron chi connectivity index (χ4n) is 4.38. The number of fused-ring (bicyclic) bond motifs is 2. The van der Waals surface area contributed by atoms with E-state index >= 15 is 0 Å². The SMILES string of the molecule is COc1nc2cc(C)c(C)cc2nc1NC(=O)NC1CCN(Cc2ccc3c(c2)OCO3)CC1. The number of amides is 2. The van der Waals surface area contributed by atoms with Crippen LogP contribution in [0.15, 0.2) is 30.3 Å². The van der Waals surface area contributed by atoms with Gasteiger partial charge in [-0.25, -0.2) is 14.8 Å². The number of aromatic nitrogens is 2. The lowest BCUT2D eigenvalue weighted by Gasteiger charge is -2.32. The van der Waals surface area contributed by atoms with Gasteiger partial charge < -0.3 is 19.5 Å². The number of rotatable bonds is 5. The molecular formula is C25H29N5O4. The lowest BCUT2D eigenvalue weighted by Crippen LogP contribution is -2.45. The molecule has 2 aliphatic rings. The first-order valence-electron chi connectivity index (χ1n) is 11.5. The molecule has 9 heteroatoms. The molecule has 9 nitrogen and oxygen atoms in total. The Morgan fingerprint density at radius 1 is 1.06 bits per heavy atom. The molecule has 0 atom stereocenters. The minimum Gasteiger partial charge on any atom is -0.478 e. The molecular weight excluding hydrogens is 434 g/mol. The van der Waals surface area contributed by atoms with Gasteiger partial charge in [-0.1, -0.05) is 6.07 Å². The van der Waals surface area contributed by atoms with Gasteiger partial charge in [0.15, 0.2) is 17.3 Å². The zero-order valence-electron chi connectivity index (χ0n) is 19.7. The predicted molar refractivity (Wildman–Crippen MR) is 129 cm³/mol. The third kappa shape index (κ3) is 4.70. The van der Waals surface area contributed by atoms with Crippen LogP contribution in [-0.4, -0.2) is 53.9 Å². The summed E-state index contributed by atoms with van der Waals surface area (Å²) in [6, 6.07) is 9.81. The normalized spacial score (nSPS) is 16.0. The predicted octanol–water partition coefficient (Wildman–Crippen LogP) is 3.77. The number of hydrogen-bond donors (Lipinski definition) is 2. The number of nitrogens with one attached hydrogen (secondary N) is 2. The van der Waals surface area contributed by atoms with Crippen LogP contribution in [0.25, 0.3) is 11.0 Å². The second kappa shape index (κ2) is 9.34. The molecule has 2 aliphatic heterocycles. The highest BCUT2D eigenvalue weighted by Crippen LogP contribution is 2.33. The number of anilines is 1. The summed E-state index contributed by atoms with van der Waals surface area (Å²) in [6.07, 6.45) is 1.74. The molecule has 0 aliphatic carbocycles. The highest BCUT2D eigenvalue weighted by atomic mass is 16.7.